The third-order valence-corrected chi connectivity index (χ3v) is 8.90. The fourth-order valence-corrected chi connectivity index (χ4v) is 5.99. The standard InChI is InChI=1S/C34H36ClN3O5S/c1-24(2)36-34(40)26(4)37(22-27-12-14-28(35)15-13-27)33(39)23-38(44(41,42)32-20-10-25(3)11-21-32)29-16-18-31(19-17-29)43-30-8-6-5-7-9-30/h5-21,24,26H,22-23H2,1-4H3,(H,36,40)/t26-/m1/s1. The maximum absolute atomic E-state index is 14.1. The number of para-hydroxylation sites is 1. The lowest BCUT2D eigenvalue weighted by Gasteiger charge is -2.32. The van der Waals surface area contributed by atoms with Gasteiger partial charge in [-0.1, -0.05) is 59.6 Å². The summed E-state index contributed by atoms with van der Waals surface area (Å²) in [6, 6.07) is 28.0. The number of sulfonamides is 1. The second-order valence-electron chi connectivity index (χ2n) is 10.7. The Bertz CT molecular complexity index is 1660. The number of hydrogen-bond acceptors (Lipinski definition) is 5. The molecule has 4 aromatic rings. The van der Waals surface area contributed by atoms with E-state index in [0.29, 0.717) is 16.5 Å². The molecule has 1 N–H and O–H groups in total. The van der Waals surface area contributed by atoms with Gasteiger partial charge in [-0.25, -0.2) is 8.42 Å². The van der Waals surface area contributed by atoms with E-state index in [0.717, 1.165) is 15.4 Å². The molecule has 0 aliphatic heterocycles. The molecule has 2 amide bonds. The number of hydrogen-bond donors (Lipinski definition) is 1. The molecule has 10 heteroatoms. The van der Waals surface area contributed by atoms with E-state index >= 15 is 0 Å². The Morgan fingerprint density at radius 2 is 1.41 bits per heavy atom. The normalized spacial score (nSPS) is 12.0. The van der Waals surface area contributed by atoms with Crippen molar-refractivity contribution in [2.24, 2.45) is 0 Å². The Hall–Kier alpha value is -4.34. The van der Waals surface area contributed by atoms with Gasteiger partial charge in [-0.2, -0.15) is 0 Å². The lowest BCUT2D eigenvalue weighted by molar-refractivity contribution is -0.139. The molecular weight excluding hydrogens is 598 g/mol. The molecule has 0 radical (unpaired) electrons. The van der Waals surface area contributed by atoms with E-state index < -0.39 is 28.5 Å². The predicted octanol–water partition coefficient (Wildman–Crippen LogP) is 6.58. The van der Waals surface area contributed by atoms with E-state index in [9.17, 15) is 18.0 Å². The zero-order valence-electron chi connectivity index (χ0n) is 25.1. The van der Waals surface area contributed by atoms with Crippen LogP contribution in [0.5, 0.6) is 11.5 Å². The summed E-state index contributed by atoms with van der Waals surface area (Å²) >= 11 is 6.07. The van der Waals surface area contributed by atoms with Crippen molar-refractivity contribution in [3.05, 3.63) is 119 Å². The number of nitrogens with one attached hydrogen (secondary N) is 1. The van der Waals surface area contributed by atoms with Crippen molar-refractivity contribution in [1.29, 1.82) is 0 Å². The second kappa shape index (κ2) is 14.4. The van der Waals surface area contributed by atoms with Crippen LogP contribution in [0.2, 0.25) is 5.02 Å². The number of nitrogens with zero attached hydrogens (tertiary/aromatic N) is 2. The molecule has 0 fully saturated rings. The van der Waals surface area contributed by atoms with Crippen molar-refractivity contribution in [3.8, 4) is 11.5 Å². The van der Waals surface area contributed by atoms with Crippen molar-refractivity contribution < 1.29 is 22.7 Å². The first-order valence-electron chi connectivity index (χ1n) is 14.2. The number of aryl methyl sites for hydroxylation is 1. The van der Waals surface area contributed by atoms with Gasteiger partial charge in [-0.05, 0) is 93.9 Å². The Morgan fingerprint density at radius 3 is 2.00 bits per heavy atom. The van der Waals surface area contributed by atoms with Crippen molar-refractivity contribution in [2.45, 2.75) is 51.2 Å². The average molecular weight is 634 g/mol. The minimum absolute atomic E-state index is 0.0374. The van der Waals surface area contributed by atoms with Gasteiger partial charge in [0, 0.05) is 17.6 Å². The van der Waals surface area contributed by atoms with Gasteiger partial charge in [0.1, 0.15) is 24.1 Å². The fraction of sp³-hybridized carbons (Fsp3) is 0.235. The highest BCUT2D eigenvalue weighted by molar-refractivity contribution is 7.92. The molecule has 230 valence electrons. The van der Waals surface area contributed by atoms with Crippen LogP contribution in [-0.2, 0) is 26.2 Å². The van der Waals surface area contributed by atoms with Crippen LogP contribution in [0.1, 0.15) is 31.9 Å². The van der Waals surface area contributed by atoms with Crippen LogP contribution in [0.15, 0.2) is 108 Å². The third kappa shape index (κ3) is 8.39. The maximum Gasteiger partial charge on any atom is 0.264 e. The Morgan fingerprint density at radius 1 is 0.818 bits per heavy atom. The highest BCUT2D eigenvalue weighted by Gasteiger charge is 2.32. The quantitative estimate of drug-likeness (QED) is 0.190. The Labute approximate surface area is 264 Å². The Balaban J connectivity index is 1.70. The minimum Gasteiger partial charge on any atom is -0.457 e. The SMILES string of the molecule is Cc1ccc(S(=O)(=O)N(CC(=O)N(Cc2ccc(Cl)cc2)[C@H](C)C(=O)NC(C)C)c2ccc(Oc3ccccc3)cc2)cc1. The van der Waals surface area contributed by atoms with Gasteiger partial charge in [0.25, 0.3) is 10.0 Å². The summed E-state index contributed by atoms with van der Waals surface area (Å²) in [5.74, 6) is 0.234. The molecule has 0 saturated heterocycles. The van der Waals surface area contributed by atoms with Gasteiger partial charge < -0.3 is 15.0 Å². The topological polar surface area (TPSA) is 96.0 Å². The zero-order valence-corrected chi connectivity index (χ0v) is 26.7. The number of rotatable bonds is 12. The summed E-state index contributed by atoms with van der Waals surface area (Å²) in [5, 5.41) is 3.38. The summed E-state index contributed by atoms with van der Waals surface area (Å²) in [4.78, 5) is 28.5. The van der Waals surface area contributed by atoms with Gasteiger partial charge in [-0.15, -0.1) is 0 Å². The first kappa shape index (κ1) is 32.6. The molecule has 0 unspecified atom stereocenters. The molecule has 0 spiro atoms. The maximum atomic E-state index is 14.1. The molecule has 0 aliphatic carbocycles. The number of ether oxygens (including phenoxy) is 1. The van der Waals surface area contributed by atoms with Gasteiger partial charge in [-0.3, -0.25) is 13.9 Å². The van der Waals surface area contributed by atoms with Gasteiger partial charge in [0.2, 0.25) is 11.8 Å². The smallest absolute Gasteiger partial charge is 0.264 e. The molecule has 8 nitrogen and oxygen atoms in total. The number of carbonyl (C=O) groups is 2. The van der Waals surface area contributed by atoms with Crippen molar-refractivity contribution in [2.75, 3.05) is 10.8 Å². The molecular formula is C34H36ClN3O5S. The zero-order chi connectivity index (χ0) is 31.9. The van der Waals surface area contributed by atoms with Crippen LogP contribution in [0, 0.1) is 6.92 Å². The van der Waals surface area contributed by atoms with Crippen molar-refractivity contribution in [3.63, 3.8) is 0 Å². The van der Waals surface area contributed by atoms with Gasteiger partial charge >= 0.3 is 0 Å². The number of halogens is 1. The second-order valence-corrected chi connectivity index (χ2v) is 13.0. The summed E-state index contributed by atoms with van der Waals surface area (Å²) in [6.45, 7) is 6.68. The highest BCUT2D eigenvalue weighted by atomic mass is 35.5. The molecule has 4 rings (SSSR count). The monoisotopic (exact) mass is 633 g/mol. The predicted molar refractivity (Wildman–Crippen MR) is 173 cm³/mol. The lowest BCUT2D eigenvalue weighted by Crippen LogP contribution is -2.52. The summed E-state index contributed by atoms with van der Waals surface area (Å²) in [7, 11) is -4.19. The van der Waals surface area contributed by atoms with Crippen LogP contribution < -0.4 is 14.4 Å². The van der Waals surface area contributed by atoms with Crippen LogP contribution in [0.3, 0.4) is 0 Å². The molecule has 0 saturated carbocycles. The van der Waals surface area contributed by atoms with E-state index in [1.165, 1.54) is 17.0 Å². The van der Waals surface area contributed by atoms with Gasteiger partial charge in [0.05, 0.1) is 10.6 Å². The fourth-order valence-electron chi connectivity index (χ4n) is 4.45. The largest absolute Gasteiger partial charge is 0.457 e. The van der Waals surface area contributed by atoms with Gasteiger partial charge in [0.15, 0.2) is 0 Å². The van der Waals surface area contributed by atoms with Crippen LogP contribution in [-0.4, -0.2) is 43.8 Å². The molecule has 4 aromatic carbocycles. The number of benzene rings is 4. The highest BCUT2D eigenvalue weighted by Crippen LogP contribution is 2.29. The van der Waals surface area contributed by atoms with Crippen LogP contribution in [0.25, 0.3) is 0 Å². The number of amides is 2. The van der Waals surface area contributed by atoms with E-state index in [-0.39, 0.29) is 29.1 Å². The minimum atomic E-state index is -4.19. The van der Waals surface area contributed by atoms with Crippen molar-refractivity contribution >= 4 is 39.1 Å². The lowest BCUT2D eigenvalue weighted by atomic mass is 10.1. The summed E-state index contributed by atoms with van der Waals surface area (Å²) in [5.41, 5.74) is 1.90. The van der Waals surface area contributed by atoms with E-state index in [4.69, 9.17) is 16.3 Å². The Kier molecular flexibility index (Phi) is 10.7. The first-order chi connectivity index (χ1) is 20.9. The third-order valence-electron chi connectivity index (χ3n) is 6.86. The first-order valence-corrected chi connectivity index (χ1v) is 16.0. The molecule has 0 aliphatic rings. The summed E-state index contributed by atoms with van der Waals surface area (Å²) < 4.78 is 35.1. The molecule has 0 heterocycles. The molecule has 44 heavy (non-hydrogen) atoms. The molecule has 1 atom stereocenters. The van der Waals surface area contributed by atoms with Crippen molar-refractivity contribution in [1.82, 2.24) is 10.2 Å². The molecule has 0 bridgehead atoms. The number of carbonyl (C=O) groups excluding carboxylic acids is 2. The van der Waals surface area contributed by atoms with Crippen LogP contribution >= 0.6 is 11.6 Å². The van der Waals surface area contributed by atoms with E-state index in [1.54, 1.807) is 67.6 Å². The molecule has 0 aromatic heterocycles. The number of anilines is 1. The summed E-state index contributed by atoms with van der Waals surface area (Å²) in [6.07, 6.45) is 0. The average Bonchev–Trinajstić information content (AvgIpc) is 3.00. The van der Waals surface area contributed by atoms with E-state index in [1.807, 2.05) is 51.1 Å². The van der Waals surface area contributed by atoms with Crippen LogP contribution in [0.4, 0.5) is 5.69 Å². The van der Waals surface area contributed by atoms with E-state index in [2.05, 4.69) is 5.32 Å².